The van der Waals surface area contributed by atoms with Crippen LogP contribution < -0.4 is 10.6 Å². The Hall–Kier alpha value is -2.30. The van der Waals surface area contributed by atoms with Crippen molar-refractivity contribution in [3.8, 4) is 0 Å². The largest absolute Gasteiger partial charge is 0.399 e. The number of anilines is 2. The van der Waals surface area contributed by atoms with Gasteiger partial charge in [-0.1, -0.05) is 5.16 Å². The molecule has 5 nitrogen and oxygen atoms in total. The van der Waals surface area contributed by atoms with Crippen molar-refractivity contribution in [2.45, 2.75) is 13.3 Å². The molecule has 0 saturated carbocycles. The van der Waals surface area contributed by atoms with Gasteiger partial charge < -0.3 is 15.2 Å². The lowest BCUT2D eigenvalue weighted by atomic mass is 10.1. The smallest absolute Gasteiger partial charge is 0.263 e. The van der Waals surface area contributed by atoms with Crippen LogP contribution in [0.25, 0.3) is 0 Å². The number of nitrogens with two attached hydrogens (primary N) is 1. The number of amides is 1. The molecule has 5 heteroatoms. The molecule has 0 unspecified atom stereocenters. The van der Waals surface area contributed by atoms with E-state index in [0.29, 0.717) is 17.9 Å². The Morgan fingerprint density at radius 3 is 3.06 bits per heavy atom. The Balaban J connectivity index is 1.98. The monoisotopic (exact) mass is 243 g/mol. The predicted octanol–water partition coefficient (Wildman–Crippen LogP) is 1.77. The maximum atomic E-state index is 12.4. The number of rotatable bonds is 1. The van der Waals surface area contributed by atoms with Crippen LogP contribution in [0.2, 0.25) is 0 Å². The van der Waals surface area contributed by atoms with Gasteiger partial charge in [-0.25, -0.2) is 0 Å². The molecule has 18 heavy (non-hydrogen) atoms. The van der Waals surface area contributed by atoms with E-state index in [0.717, 1.165) is 23.4 Å². The summed E-state index contributed by atoms with van der Waals surface area (Å²) in [6.45, 7) is 2.41. The summed E-state index contributed by atoms with van der Waals surface area (Å²) < 4.78 is 4.93. The number of aromatic nitrogens is 1. The number of carbonyl (C=O) groups is 1. The van der Waals surface area contributed by atoms with Crippen LogP contribution in [0.3, 0.4) is 0 Å². The van der Waals surface area contributed by atoms with Crippen LogP contribution in [0.1, 0.15) is 21.7 Å². The Morgan fingerprint density at radius 1 is 1.50 bits per heavy atom. The average molecular weight is 243 g/mol. The number of aryl methyl sites for hydroxylation is 1. The first-order valence-corrected chi connectivity index (χ1v) is 5.78. The molecule has 1 aliphatic rings. The second-order valence-electron chi connectivity index (χ2n) is 4.39. The van der Waals surface area contributed by atoms with Gasteiger partial charge in [-0.15, -0.1) is 0 Å². The van der Waals surface area contributed by atoms with Crippen LogP contribution in [0.15, 0.2) is 28.9 Å². The minimum atomic E-state index is -0.0720. The van der Waals surface area contributed by atoms with E-state index < -0.39 is 0 Å². The zero-order valence-corrected chi connectivity index (χ0v) is 10.0. The highest BCUT2D eigenvalue weighted by Crippen LogP contribution is 2.31. The molecule has 2 N–H and O–H groups in total. The molecule has 1 aliphatic heterocycles. The summed E-state index contributed by atoms with van der Waals surface area (Å²) in [7, 11) is 0. The number of nitrogen functional groups attached to an aromatic ring is 1. The number of benzene rings is 1. The molecule has 0 aliphatic carbocycles. The zero-order valence-electron chi connectivity index (χ0n) is 10.0. The topological polar surface area (TPSA) is 72.4 Å². The SMILES string of the molecule is Cc1oncc1C(=O)N1CCc2cc(N)ccc21. The molecule has 2 aromatic rings. The molecule has 1 amide bonds. The molecule has 2 heterocycles. The van der Waals surface area contributed by atoms with Gasteiger partial charge in [0, 0.05) is 17.9 Å². The molecule has 0 fully saturated rings. The van der Waals surface area contributed by atoms with Gasteiger partial charge in [-0.3, -0.25) is 4.79 Å². The van der Waals surface area contributed by atoms with Gasteiger partial charge in [-0.2, -0.15) is 0 Å². The first-order chi connectivity index (χ1) is 8.66. The highest BCUT2D eigenvalue weighted by Gasteiger charge is 2.27. The first-order valence-electron chi connectivity index (χ1n) is 5.78. The molecular weight excluding hydrogens is 230 g/mol. The van der Waals surface area contributed by atoms with Crippen molar-refractivity contribution in [3.63, 3.8) is 0 Å². The molecule has 0 atom stereocenters. The molecule has 92 valence electrons. The van der Waals surface area contributed by atoms with E-state index in [2.05, 4.69) is 5.16 Å². The van der Waals surface area contributed by atoms with E-state index in [9.17, 15) is 4.79 Å². The molecule has 0 saturated heterocycles. The summed E-state index contributed by atoms with van der Waals surface area (Å²) >= 11 is 0. The van der Waals surface area contributed by atoms with Crippen molar-refractivity contribution in [1.82, 2.24) is 5.16 Å². The quantitative estimate of drug-likeness (QED) is 0.775. The minimum absolute atomic E-state index is 0.0720. The van der Waals surface area contributed by atoms with Crippen LogP contribution in [0.5, 0.6) is 0 Å². The zero-order chi connectivity index (χ0) is 12.7. The predicted molar refractivity (Wildman–Crippen MR) is 67.5 cm³/mol. The summed E-state index contributed by atoms with van der Waals surface area (Å²) in [5.41, 5.74) is 9.02. The van der Waals surface area contributed by atoms with Crippen molar-refractivity contribution in [2.24, 2.45) is 0 Å². The van der Waals surface area contributed by atoms with E-state index in [4.69, 9.17) is 10.3 Å². The van der Waals surface area contributed by atoms with Gasteiger partial charge in [0.2, 0.25) is 0 Å². The Kier molecular flexibility index (Phi) is 2.33. The highest BCUT2D eigenvalue weighted by atomic mass is 16.5. The van der Waals surface area contributed by atoms with Crippen LogP contribution in [-0.4, -0.2) is 17.6 Å². The van der Waals surface area contributed by atoms with Crippen molar-refractivity contribution in [2.75, 3.05) is 17.2 Å². The number of nitrogens with zero attached hydrogens (tertiary/aromatic N) is 2. The van der Waals surface area contributed by atoms with Crippen LogP contribution in [0, 0.1) is 6.92 Å². The first kappa shape index (κ1) is 10.8. The van der Waals surface area contributed by atoms with Crippen molar-refractivity contribution in [3.05, 3.63) is 41.3 Å². The molecule has 3 rings (SSSR count). The van der Waals surface area contributed by atoms with Gasteiger partial charge >= 0.3 is 0 Å². The Bertz CT molecular complexity index is 618. The van der Waals surface area contributed by atoms with E-state index >= 15 is 0 Å². The summed E-state index contributed by atoms with van der Waals surface area (Å²) in [4.78, 5) is 14.1. The normalized spacial score (nSPS) is 13.7. The molecule has 0 bridgehead atoms. The fraction of sp³-hybridized carbons (Fsp3) is 0.231. The Labute approximate surface area is 104 Å². The minimum Gasteiger partial charge on any atom is -0.399 e. The van der Waals surface area contributed by atoms with Gasteiger partial charge in [0.25, 0.3) is 5.91 Å². The lowest BCUT2D eigenvalue weighted by Gasteiger charge is -2.16. The average Bonchev–Trinajstić information content (AvgIpc) is 2.94. The summed E-state index contributed by atoms with van der Waals surface area (Å²) in [6.07, 6.45) is 2.30. The van der Waals surface area contributed by atoms with Crippen LogP contribution >= 0.6 is 0 Å². The standard InChI is InChI=1S/C13H13N3O2/c1-8-11(7-15-18-8)13(17)16-5-4-9-6-10(14)2-3-12(9)16/h2-3,6-7H,4-5,14H2,1H3. The van der Waals surface area contributed by atoms with E-state index in [1.165, 1.54) is 6.20 Å². The van der Waals surface area contributed by atoms with Crippen LogP contribution in [-0.2, 0) is 6.42 Å². The summed E-state index contributed by atoms with van der Waals surface area (Å²) in [6, 6.07) is 5.62. The maximum absolute atomic E-state index is 12.4. The third kappa shape index (κ3) is 1.55. The summed E-state index contributed by atoms with van der Waals surface area (Å²) in [5.74, 6) is 0.473. The van der Waals surface area contributed by atoms with E-state index in [-0.39, 0.29) is 5.91 Å². The molecule has 0 spiro atoms. The lowest BCUT2D eigenvalue weighted by Crippen LogP contribution is -2.29. The lowest BCUT2D eigenvalue weighted by molar-refractivity contribution is 0.0988. The molecular formula is C13H13N3O2. The summed E-state index contributed by atoms with van der Waals surface area (Å²) in [5, 5.41) is 3.64. The fourth-order valence-corrected chi connectivity index (χ4v) is 2.28. The molecule has 1 aromatic carbocycles. The van der Waals surface area contributed by atoms with E-state index in [1.54, 1.807) is 11.8 Å². The fourth-order valence-electron chi connectivity index (χ4n) is 2.28. The maximum Gasteiger partial charge on any atom is 0.263 e. The number of hydrogen-bond donors (Lipinski definition) is 1. The van der Waals surface area contributed by atoms with Gasteiger partial charge in [0.05, 0.1) is 6.20 Å². The van der Waals surface area contributed by atoms with Crippen LogP contribution in [0.4, 0.5) is 11.4 Å². The van der Waals surface area contributed by atoms with E-state index in [1.807, 2.05) is 18.2 Å². The molecule has 1 aromatic heterocycles. The highest BCUT2D eigenvalue weighted by molar-refractivity contribution is 6.07. The third-order valence-electron chi connectivity index (χ3n) is 3.23. The third-order valence-corrected chi connectivity index (χ3v) is 3.23. The van der Waals surface area contributed by atoms with Gasteiger partial charge in [-0.05, 0) is 37.1 Å². The second kappa shape index (κ2) is 3.87. The van der Waals surface area contributed by atoms with Crippen molar-refractivity contribution in [1.29, 1.82) is 0 Å². The van der Waals surface area contributed by atoms with Gasteiger partial charge in [0.1, 0.15) is 11.3 Å². The number of hydrogen-bond acceptors (Lipinski definition) is 4. The molecule has 0 radical (unpaired) electrons. The number of carbonyl (C=O) groups excluding carboxylic acids is 1. The Morgan fingerprint density at radius 2 is 2.33 bits per heavy atom. The van der Waals surface area contributed by atoms with Gasteiger partial charge in [0.15, 0.2) is 0 Å². The second-order valence-corrected chi connectivity index (χ2v) is 4.39. The van der Waals surface area contributed by atoms with Crippen molar-refractivity contribution >= 4 is 17.3 Å². The van der Waals surface area contributed by atoms with Crippen molar-refractivity contribution < 1.29 is 9.32 Å². The number of fused-ring (bicyclic) bond motifs is 1.